The molecule has 0 atom stereocenters. The highest BCUT2D eigenvalue weighted by atomic mass is 16.5. The Hall–Kier alpha value is -3.26. The first-order chi connectivity index (χ1) is 11.3. The lowest BCUT2D eigenvalue weighted by Crippen LogP contribution is -2.12. The van der Waals surface area contributed by atoms with Crippen molar-refractivity contribution in [3.05, 3.63) is 46.5 Å². The fourth-order valence-electron chi connectivity index (χ4n) is 2.28. The maximum atomic E-state index is 12.7. The van der Waals surface area contributed by atoms with Gasteiger partial charge in [0.2, 0.25) is 5.78 Å². The number of aromatic carboxylic acids is 1. The number of carboxylic acids is 1. The Kier molecular flexibility index (Phi) is 4.61. The number of carbonyl (C=O) groups is 2. The molecule has 0 amide bonds. The molecule has 0 saturated heterocycles. The highest BCUT2D eigenvalue weighted by Gasteiger charge is 2.28. The van der Waals surface area contributed by atoms with Gasteiger partial charge < -0.3 is 30.3 Å². The zero-order valence-electron chi connectivity index (χ0n) is 12.5. The summed E-state index contributed by atoms with van der Waals surface area (Å²) in [4.78, 5) is 24.1. The number of phenolic OH excluding ortho intramolecular Hbond substituents is 3. The normalized spacial score (nSPS) is 10.4. The number of aliphatic hydroxyl groups is 1. The molecule has 2 rings (SSSR count). The SMILES string of the molecule is COc1cc(O)cc(C(=O)O)c1C(=O)c1c(O)cc(CO)cc1O. The molecule has 0 aliphatic rings. The van der Waals surface area contributed by atoms with Crippen LogP contribution in [0.2, 0.25) is 0 Å². The number of phenols is 3. The van der Waals surface area contributed by atoms with Crippen molar-refractivity contribution in [3.63, 3.8) is 0 Å². The quantitative estimate of drug-likeness (QED) is 0.513. The second-order valence-electron chi connectivity index (χ2n) is 4.87. The Bertz CT molecular complexity index is 802. The number of hydrogen-bond donors (Lipinski definition) is 5. The summed E-state index contributed by atoms with van der Waals surface area (Å²) in [7, 11) is 1.17. The van der Waals surface area contributed by atoms with Gasteiger partial charge in [0.1, 0.15) is 28.6 Å². The van der Waals surface area contributed by atoms with Crippen LogP contribution in [0.5, 0.6) is 23.0 Å². The summed E-state index contributed by atoms with van der Waals surface area (Å²) >= 11 is 0. The summed E-state index contributed by atoms with van der Waals surface area (Å²) in [5.74, 6) is -4.43. The molecule has 0 radical (unpaired) electrons. The van der Waals surface area contributed by atoms with Crippen LogP contribution in [-0.2, 0) is 6.61 Å². The van der Waals surface area contributed by atoms with Crippen molar-refractivity contribution in [1.29, 1.82) is 0 Å². The van der Waals surface area contributed by atoms with Crippen LogP contribution >= 0.6 is 0 Å². The summed E-state index contributed by atoms with van der Waals surface area (Å²) in [6.07, 6.45) is 0. The Balaban J connectivity index is 2.73. The first-order valence-corrected chi connectivity index (χ1v) is 6.64. The molecule has 0 spiro atoms. The molecule has 0 aliphatic carbocycles. The van der Waals surface area contributed by atoms with E-state index in [0.717, 1.165) is 24.3 Å². The summed E-state index contributed by atoms with van der Waals surface area (Å²) in [5, 5.41) is 47.7. The van der Waals surface area contributed by atoms with Crippen molar-refractivity contribution in [2.45, 2.75) is 6.61 Å². The minimum atomic E-state index is -1.50. The number of rotatable bonds is 5. The third-order valence-electron chi connectivity index (χ3n) is 3.33. The van der Waals surface area contributed by atoms with Crippen molar-refractivity contribution in [2.75, 3.05) is 7.11 Å². The molecule has 0 aromatic heterocycles. The lowest BCUT2D eigenvalue weighted by atomic mass is 9.95. The summed E-state index contributed by atoms with van der Waals surface area (Å²) in [5.41, 5.74) is -1.37. The zero-order chi connectivity index (χ0) is 18.0. The predicted molar refractivity (Wildman–Crippen MR) is 80.7 cm³/mol. The topological polar surface area (TPSA) is 145 Å². The molecule has 0 heterocycles. The molecule has 0 unspecified atom stereocenters. The van der Waals surface area contributed by atoms with Crippen molar-refractivity contribution < 1.29 is 39.9 Å². The van der Waals surface area contributed by atoms with E-state index in [4.69, 9.17) is 9.84 Å². The third-order valence-corrected chi connectivity index (χ3v) is 3.33. The van der Waals surface area contributed by atoms with Gasteiger partial charge in [-0.05, 0) is 23.8 Å². The lowest BCUT2D eigenvalue weighted by Gasteiger charge is -2.14. The lowest BCUT2D eigenvalue weighted by molar-refractivity contribution is 0.0691. The Morgan fingerprint density at radius 1 is 1.00 bits per heavy atom. The summed E-state index contributed by atoms with van der Waals surface area (Å²) in [6, 6.07) is 4.03. The summed E-state index contributed by atoms with van der Waals surface area (Å²) < 4.78 is 4.94. The van der Waals surface area contributed by atoms with E-state index < -0.39 is 52.3 Å². The number of ether oxygens (including phenoxy) is 1. The van der Waals surface area contributed by atoms with Gasteiger partial charge in [-0.15, -0.1) is 0 Å². The third kappa shape index (κ3) is 2.95. The van der Waals surface area contributed by atoms with E-state index in [2.05, 4.69) is 0 Å². The number of ketones is 1. The number of methoxy groups -OCH3 is 1. The van der Waals surface area contributed by atoms with E-state index in [-0.39, 0.29) is 11.3 Å². The fraction of sp³-hybridized carbons (Fsp3) is 0.125. The number of aromatic hydroxyl groups is 3. The number of benzene rings is 2. The van der Waals surface area contributed by atoms with Gasteiger partial charge >= 0.3 is 5.97 Å². The standard InChI is InChI=1S/C16H14O8/c1-24-12-5-8(18)4-9(16(22)23)13(12)15(21)14-10(19)2-7(6-17)3-11(14)20/h2-5,17-20H,6H2,1H3,(H,22,23). The fourth-order valence-corrected chi connectivity index (χ4v) is 2.28. The number of carbonyl (C=O) groups excluding carboxylic acids is 1. The van der Waals surface area contributed by atoms with Crippen LogP contribution in [0.1, 0.15) is 31.8 Å². The molecule has 5 N–H and O–H groups in total. The van der Waals surface area contributed by atoms with E-state index in [0.29, 0.717) is 0 Å². The summed E-state index contributed by atoms with van der Waals surface area (Å²) in [6.45, 7) is -0.474. The van der Waals surface area contributed by atoms with Gasteiger partial charge in [0, 0.05) is 6.07 Å². The van der Waals surface area contributed by atoms with Gasteiger partial charge in [0.15, 0.2) is 0 Å². The molecule has 0 saturated carbocycles. The van der Waals surface area contributed by atoms with Crippen molar-refractivity contribution >= 4 is 11.8 Å². The predicted octanol–water partition coefficient (Wildman–Crippen LogP) is 1.23. The average molecular weight is 334 g/mol. The Labute approximate surface area is 135 Å². The van der Waals surface area contributed by atoms with Gasteiger partial charge in [-0.3, -0.25) is 4.79 Å². The van der Waals surface area contributed by atoms with Crippen LogP contribution in [0.25, 0.3) is 0 Å². The molecule has 0 bridgehead atoms. The Morgan fingerprint density at radius 3 is 2.04 bits per heavy atom. The average Bonchev–Trinajstić information content (AvgIpc) is 2.52. The molecule has 24 heavy (non-hydrogen) atoms. The van der Waals surface area contributed by atoms with E-state index in [1.807, 2.05) is 0 Å². The van der Waals surface area contributed by atoms with Gasteiger partial charge in [-0.1, -0.05) is 0 Å². The number of hydrogen-bond acceptors (Lipinski definition) is 7. The minimum Gasteiger partial charge on any atom is -0.508 e. The molecular weight excluding hydrogens is 320 g/mol. The zero-order valence-corrected chi connectivity index (χ0v) is 12.5. The van der Waals surface area contributed by atoms with E-state index in [1.54, 1.807) is 0 Å². The highest BCUT2D eigenvalue weighted by molar-refractivity contribution is 6.18. The Morgan fingerprint density at radius 2 is 1.58 bits per heavy atom. The molecule has 8 heteroatoms. The minimum absolute atomic E-state index is 0.165. The van der Waals surface area contributed by atoms with Gasteiger partial charge in [-0.25, -0.2) is 4.79 Å². The van der Waals surface area contributed by atoms with Gasteiger partial charge in [0.05, 0.1) is 24.8 Å². The van der Waals surface area contributed by atoms with Crippen LogP contribution in [-0.4, -0.2) is 44.4 Å². The van der Waals surface area contributed by atoms with E-state index in [1.165, 1.54) is 7.11 Å². The van der Waals surface area contributed by atoms with E-state index >= 15 is 0 Å². The van der Waals surface area contributed by atoms with Crippen LogP contribution < -0.4 is 4.74 Å². The second-order valence-corrected chi connectivity index (χ2v) is 4.87. The molecule has 8 nitrogen and oxygen atoms in total. The number of carboxylic acid groups (broad SMARTS) is 1. The molecule has 2 aromatic rings. The van der Waals surface area contributed by atoms with Crippen LogP contribution in [0.4, 0.5) is 0 Å². The number of aliphatic hydroxyl groups excluding tert-OH is 1. The van der Waals surface area contributed by atoms with Crippen LogP contribution in [0.15, 0.2) is 24.3 Å². The van der Waals surface area contributed by atoms with Gasteiger partial charge in [0.25, 0.3) is 0 Å². The molecule has 0 aliphatic heterocycles. The van der Waals surface area contributed by atoms with Crippen LogP contribution in [0.3, 0.4) is 0 Å². The van der Waals surface area contributed by atoms with Gasteiger partial charge in [-0.2, -0.15) is 0 Å². The van der Waals surface area contributed by atoms with E-state index in [9.17, 15) is 30.0 Å². The largest absolute Gasteiger partial charge is 0.508 e. The van der Waals surface area contributed by atoms with Crippen molar-refractivity contribution in [3.8, 4) is 23.0 Å². The van der Waals surface area contributed by atoms with Crippen molar-refractivity contribution in [1.82, 2.24) is 0 Å². The van der Waals surface area contributed by atoms with Crippen molar-refractivity contribution in [2.24, 2.45) is 0 Å². The molecule has 2 aromatic carbocycles. The first kappa shape index (κ1) is 17.1. The monoisotopic (exact) mass is 334 g/mol. The molecular formula is C16H14O8. The smallest absolute Gasteiger partial charge is 0.336 e. The first-order valence-electron chi connectivity index (χ1n) is 6.64. The molecule has 0 fully saturated rings. The maximum absolute atomic E-state index is 12.7. The maximum Gasteiger partial charge on any atom is 0.336 e. The van der Waals surface area contributed by atoms with Crippen LogP contribution in [0, 0.1) is 0 Å². The second kappa shape index (κ2) is 6.47. The highest BCUT2D eigenvalue weighted by Crippen LogP contribution is 2.36. The molecule has 126 valence electrons.